The van der Waals surface area contributed by atoms with Crippen LogP contribution in [0.2, 0.25) is 0 Å². The summed E-state index contributed by atoms with van der Waals surface area (Å²) in [5.41, 5.74) is 0. The third-order valence-corrected chi connectivity index (χ3v) is 3.64. The Morgan fingerprint density at radius 2 is 1.19 bits per heavy atom. The number of hydrogen-bond donors (Lipinski definition) is 0. The molecular weight excluding hydrogens is 367 g/mol. The first kappa shape index (κ1) is 23.3. The van der Waals surface area contributed by atoms with Crippen LogP contribution in [0.5, 0.6) is 0 Å². The number of carboxylic acids is 1. The fourth-order valence-electron chi connectivity index (χ4n) is 2.34. The SMILES string of the molecule is CCCCCCCC/C=C\CCCCCCCC(=O)[O-].[Sn+2]. The van der Waals surface area contributed by atoms with Crippen molar-refractivity contribution < 1.29 is 9.90 Å². The quantitative estimate of drug-likeness (QED) is 0.232. The number of carboxylic acid groups (broad SMARTS) is 1. The average Bonchev–Trinajstić information content (AvgIpc) is 2.43. The molecule has 0 aromatic carbocycles. The Morgan fingerprint density at radius 3 is 1.67 bits per heavy atom. The van der Waals surface area contributed by atoms with E-state index in [0.29, 0.717) is 0 Å². The molecule has 2 nitrogen and oxygen atoms in total. The van der Waals surface area contributed by atoms with Gasteiger partial charge in [-0.15, -0.1) is 0 Å². The van der Waals surface area contributed by atoms with E-state index in [0.717, 1.165) is 19.3 Å². The molecule has 0 fully saturated rings. The minimum Gasteiger partial charge on any atom is -0.550 e. The Kier molecular flexibility index (Phi) is 22.2. The van der Waals surface area contributed by atoms with Gasteiger partial charge in [0.05, 0.1) is 0 Å². The van der Waals surface area contributed by atoms with Crippen LogP contribution in [0.25, 0.3) is 0 Å². The predicted octanol–water partition coefficient (Wildman–Crippen LogP) is 4.39. The summed E-state index contributed by atoms with van der Waals surface area (Å²) in [5.74, 6) is -0.914. The fourth-order valence-corrected chi connectivity index (χ4v) is 2.34. The van der Waals surface area contributed by atoms with E-state index in [1.807, 2.05) is 0 Å². The van der Waals surface area contributed by atoms with Crippen LogP contribution in [0.3, 0.4) is 0 Å². The molecule has 0 aliphatic heterocycles. The normalized spacial score (nSPS) is 10.7. The van der Waals surface area contributed by atoms with Crippen molar-refractivity contribution in [3.63, 3.8) is 0 Å². The Labute approximate surface area is 148 Å². The molecule has 3 heteroatoms. The maximum absolute atomic E-state index is 10.2. The van der Waals surface area contributed by atoms with E-state index in [4.69, 9.17) is 0 Å². The minimum atomic E-state index is -0.914. The topological polar surface area (TPSA) is 40.1 Å². The number of hydrogen-bond acceptors (Lipinski definition) is 2. The van der Waals surface area contributed by atoms with Gasteiger partial charge < -0.3 is 9.90 Å². The van der Waals surface area contributed by atoms with E-state index in [2.05, 4.69) is 19.1 Å². The van der Waals surface area contributed by atoms with Gasteiger partial charge in [0.1, 0.15) is 0 Å². The van der Waals surface area contributed by atoms with Crippen molar-refractivity contribution >= 4 is 29.9 Å². The summed E-state index contributed by atoms with van der Waals surface area (Å²) in [6, 6.07) is 0. The fraction of sp³-hybridized carbons (Fsp3) is 0.833. The van der Waals surface area contributed by atoms with Crippen LogP contribution in [0.1, 0.15) is 96.8 Å². The summed E-state index contributed by atoms with van der Waals surface area (Å²) < 4.78 is 0. The zero-order chi connectivity index (χ0) is 14.9. The van der Waals surface area contributed by atoms with Crippen molar-refractivity contribution in [2.75, 3.05) is 0 Å². The van der Waals surface area contributed by atoms with Crippen molar-refractivity contribution in [3.8, 4) is 0 Å². The van der Waals surface area contributed by atoms with Gasteiger partial charge in [-0.2, -0.15) is 0 Å². The number of rotatable bonds is 15. The molecule has 0 rings (SSSR count). The summed E-state index contributed by atoms with van der Waals surface area (Å²) in [6.07, 6.45) is 20.9. The van der Waals surface area contributed by atoms with E-state index in [1.54, 1.807) is 0 Å². The van der Waals surface area contributed by atoms with Crippen LogP contribution < -0.4 is 5.11 Å². The van der Waals surface area contributed by atoms with Crippen molar-refractivity contribution in [3.05, 3.63) is 12.2 Å². The van der Waals surface area contributed by atoms with Gasteiger partial charge in [0.15, 0.2) is 0 Å². The van der Waals surface area contributed by atoms with Crippen molar-refractivity contribution in [2.45, 2.75) is 96.8 Å². The summed E-state index contributed by atoms with van der Waals surface area (Å²) in [5, 5.41) is 10.2. The van der Waals surface area contributed by atoms with Crippen LogP contribution in [0.4, 0.5) is 0 Å². The van der Waals surface area contributed by atoms with E-state index in [1.165, 1.54) is 64.2 Å². The molecule has 0 aliphatic rings. The third-order valence-electron chi connectivity index (χ3n) is 3.64. The summed E-state index contributed by atoms with van der Waals surface area (Å²) in [6.45, 7) is 2.26. The molecule has 0 N–H and O–H groups in total. The summed E-state index contributed by atoms with van der Waals surface area (Å²) >= 11 is 0. The largest absolute Gasteiger partial charge is 2.00 e. The van der Waals surface area contributed by atoms with Gasteiger partial charge in [-0.1, -0.05) is 70.4 Å². The van der Waals surface area contributed by atoms with Crippen LogP contribution >= 0.6 is 0 Å². The van der Waals surface area contributed by atoms with E-state index < -0.39 is 5.97 Å². The number of aliphatic carboxylic acids is 1. The van der Waals surface area contributed by atoms with Crippen LogP contribution in [0, 0.1) is 0 Å². The van der Waals surface area contributed by atoms with Gasteiger partial charge in [0.25, 0.3) is 0 Å². The molecule has 0 bridgehead atoms. The Morgan fingerprint density at radius 1 is 0.762 bits per heavy atom. The third kappa shape index (κ3) is 22.4. The van der Waals surface area contributed by atoms with Crippen molar-refractivity contribution in [2.24, 2.45) is 0 Å². The smallest absolute Gasteiger partial charge is 0.550 e. The van der Waals surface area contributed by atoms with Gasteiger partial charge in [0, 0.05) is 5.97 Å². The van der Waals surface area contributed by atoms with Crippen LogP contribution in [-0.2, 0) is 4.79 Å². The number of allylic oxidation sites excluding steroid dienone is 2. The molecule has 0 spiro atoms. The molecular formula is C18H33O2Sn+. The zero-order valence-electron chi connectivity index (χ0n) is 13.9. The molecule has 0 aliphatic carbocycles. The maximum Gasteiger partial charge on any atom is 2.00 e. The standard InChI is InChI=1S/C18H34O2.Sn/c1-2-3-4-5-6-7-8-9-10-11-12-13-14-15-16-17-18(19)20;/h9-10H,2-8,11-17H2,1H3,(H,19,20);/q;+2/p-1/b10-9-;. The Balaban J connectivity index is 0. The molecule has 120 valence electrons. The van der Waals surface area contributed by atoms with E-state index in [-0.39, 0.29) is 30.3 Å². The monoisotopic (exact) mass is 401 g/mol. The first-order chi connectivity index (χ1) is 9.77. The molecule has 0 unspecified atom stereocenters. The first-order valence-electron chi connectivity index (χ1n) is 8.62. The number of carbonyl (C=O) groups excluding carboxylic acids is 1. The second-order valence-electron chi connectivity index (χ2n) is 5.71. The number of unbranched alkanes of at least 4 members (excludes halogenated alkanes) is 11. The second-order valence-corrected chi connectivity index (χ2v) is 5.71. The van der Waals surface area contributed by atoms with Gasteiger partial charge >= 0.3 is 23.9 Å². The van der Waals surface area contributed by atoms with Gasteiger partial charge in [0.2, 0.25) is 0 Å². The minimum absolute atomic E-state index is 0. The number of carbonyl (C=O) groups is 1. The molecule has 0 atom stereocenters. The summed E-state index contributed by atoms with van der Waals surface area (Å²) in [4.78, 5) is 10.2. The molecule has 21 heavy (non-hydrogen) atoms. The predicted molar refractivity (Wildman–Crippen MR) is 90.2 cm³/mol. The average molecular weight is 400 g/mol. The molecule has 0 heterocycles. The van der Waals surface area contributed by atoms with Gasteiger partial charge in [-0.3, -0.25) is 0 Å². The van der Waals surface area contributed by atoms with Gasteiger partial charge in [-0.25, -0.2) is 0 Å². The molecule has 0 amide bonds. The van der Waals surface area contributed by atoms with E-state index in [9.17, 15) is 9.90 Å². The zero-order valence-corrected chi connectivity index (χ0v) is 16.7. The summed E-state index contributed by atoms with van der Waals surface area (Å²) in [7, 11) is 0. The molecule has 0 saturated heterocycles. The second kappa shape index (κ2) is 20.0. The van der Waals surface area contributed by atoms with E-state index >= 15 is 0 Å². The molecule has 0 saturated carbocycles. The molecule has 2 radical (unpaired) electrons. The maximum atomic E-state index is 10.2. The molecule has 0 aromatic heterocycles. The van der Waals surface area contributed by atoms with Crippen LogP contribution in [0.15, 0.2) is 12.2 Å². The Bertz CT molecular complexity index is 239. The van der Waals surface area contributed by atoms with Crippen molar-refractivity contribution in [1.29, 1.82) is 0 Å². The van der Waals surface area contributed by atoms with Crippen LogP contribution in [-0.4, -0.2) is 29.9 Å². The Hall–Kier alpha value is 0.00870. The van der Waals surface area contributed by atoms with Crippen molar-refractivity contribution in [1.82, 2.24) is 0 Å². The molecule has 0 aromatic rings. The van der Waals surface area contributed by atoms with Gasteiger partial charge in [-0.05, 0) is 38.5 Å². The first-order valence-corrected chi connectivity index (χ1v) is 8.62.